The van der Waals surface area contributed by atoms with Crippen LogP contribution in [-0.4, -0.2) is 38.9 Å². The molecule has 2 atom stereocenters. The molecule has 114 valence electrons. The lowest BCUT2D eigenvalue weighted by molar-refractivity contribution is 0.113. The minimum absolute atomic E-state index is 0.0878. The molecule has 21 heavy (non-hydrogen) atoms. The molecule has 0 saturated carbocycles. The summed E-state index contributed by atoms with van der Waals surface area (Å²) in [5, 5.41) is 26.9. The van der Waals surface area contributed by atoms with Crippen molar-refractivity contribution in [2.75, 3.05) is 12.4 Å². The highest BCUT2D eigenvalue weighted by Crippen LogP contribution is 2.31. The second-order valence-electron chi connectivity index (χ2n) is 4.39. The normalized spacial score (nSPS) is 14.1. The van der Waals surface area contributed by atoms with E-state index in [2.05, 4.69) is 10.2 Å². The summed E-state index contributed by atoms with van der Waals surface area (Å²) in [4.78, 5) is 0. The average Bonchev–Trinajstić information content (AvgIpc) is 2.97. The van der Waals surface area contributed by atoms with Gasteiger partial charge in [-0.25, -0.2) is 0 Å². The van der Waals surface area contributed by atoms with Gasteiger partial charge in [-0.1, -0.05) is 23.2 Å². The van der Waals surface area contributed by atoms with Crippen LogP contribution in [0.1, 0.15) is 18.1 Å². The van der Waals surface area contributed by atoms with Crippen LogP contribution in [0.5, 0.6) is 0 Å². The van der Waals surface area contributed by atoms with E-state index in [0.717, 1.165) is 0 Å². The van der Waals surface area contributed by atoms with Crippen molar-refractivity contribution in [3.8, 4) is 11.5 Å². The van der Waals surface area contributed by atoms with Crippen molar-refractivity contribution in [1.29, 1.82) is 0 Å². The second kappa shape index (κ2) is 7.47. The lowest BCUT2D eigenvalue weighted by atomic mass is 10.2. The maximum atomic E-state index is 9.33. The van der Waals surface area contributed by atoms with Gasteiger partial charge < -0.3 is 14.6 Å². The van der Waals surface area contributed by atoms with Crippen LogP contribution in [0.25, 0.3) is 11.5 Å². The van der Waals surface area contributed by atoms with Gasteiger partial charge in [0, 0.05) is 11.3 Å². The number of benzene rings is 1. The predicted octanol–water partition coefficient (Wildman–Crippen LogP) is 3.19. The summed E-state index contributed by atoms with van der Waals surface area (Å²) in [6, 6.07) is 5.08. The molecule has 0 aliphatic rings. The minimum Gasteiger partial charge on any atom is -0.420 e. The Hall–Kier alpha value is -0.790. The highest BCUT2D eigenvalue weighted by Gasteiger charge is 2.17. The average molecular weight is 349 g/mol. The lowest BCUT2D eigenvalue weighted by Gasteiger charge is -2.09. The summed E-state index contributed by atoms with van der Waals surface area (Å²) < 4.78 is 5.60. The molecule has 2 N–H and O–H groups in total. The first-order valence-electron chi connectivity index (χ1n) is 6.20. The Morgan fingerprint density at radius 2 is 2.05 bits per heavy atom. The van der Waals surface area contributed by atoms with Gasteiger partial charge in [0.1, 0.15) is 0 Å². The number of rotatable bonds is 6. The Morgan fingerprint density at radius 1 is 1.29 bits per heavy atom. The van der Waals surface area contributed by atoms with Crippen LogP contribution in [0.3, 0.4) is 0 Å². The largest absolute Gasteiger partial charge is 0.420 e. The van der Waals surface area contributed by atoms with Gasteiger partial charge in [0.2, 0.25) is 11.8 Å². The number of aliphatic hydroxyl groups is 2. The van der Waals surface area contributed by atoms with Crippen molar-refractivity contribution >= 4 is 35.0 Å². The molecule has 0 aliphatic carbocycles. The highest BCUT2D eigenvalue weighted by molar-refractivity contribution is 7.99. The molecule has 0 fully saturated rings. The summed E-state index contributed by atoms with van der Waals surface area (Å²) in [6.45, 7) is 1.62. The van der Waals surface area contributed by atoms with Crippen molar-refractivity contribution in [1.82, 2.24) is 10.2 Å². The third-order valence-electron chi connectivity index (χ3n) is 2.70. The van der Waals surface area contributed by atoms with Gasteiger partial charge in [-0.05, 0) is 25.1 Å². The van der Waals surface area contributed by atoms with Crippen LogP contribution >= 0.6 is 35.0 Å². The summed E-state index contributed by atoms with van der Waals surface area (Å²) >= 11 is 13.2. The number of nitrogens with zero attached hydrogens (tertiary/aromatic N) is 2. The zero-order valence-electron chi connectivity index (χ0n) is 11.2. The number of hydrogen-bond acceptors (Lipinski definition) is 6. The number of halogens is 2. The van der Waals surface area contributed by atoms with E-state index in [-0.39, 0.29) is 11.9 Å². The molecule has 0 amide bonds. The molecule has 5 nitrogen and oxygen atoms in total. The van der Waals surface area contributed by atoms with E-state index in [1.165, 1.54) is 11.8 Å². The molecule has 2 rings (SSSR count). The second-order valence-corrected chi connectivity index (χ2v) is 6.57. The maximum absolute atomic E-state index is 9.33. The maximum Gasteiger partial charge on any atom is 0.247 e. The van der Waals surface area contributed by atoms with Crippen molar-refractivity contribution in [3.63, 3.8) is 0 Å². The summed E-state index contributed by atoms with van der Waals surface area (Å²) in [7, 11) is 0. The van der Waals surface area contributed by atoms with Gasteiger partial charge in [-0.3, -0.25) is 0 Å². The van der Waals surface area contributed by atoms with E-state index in [0.29, 0.717) is 33.1 Å². The molecule has 0 radical (unpaired) electrons. The third kappa shape index (κ3) is 4.34. The van der Waals surface area contributed by atoms with Crippen LogP contribution in [0.2, 0.25) is 10.0 Å². The SMILES string of the molecule is C[C@H](SC[C@@H](O)CO)c1nnc(-c2ccc(Cl)c(Cl)c2)o1. The van der Waals surface area contributed by atoms with Crippen molar-refractivity contribution in [2.24, 2.45) is 0 Å². The van der Waals surface area contributed by atoms with Crippen LogP contribution in [0.15, 0.2) is 22.6 Å². The Kier molecular flexibility index (Phi) is 5.89. The summed E-state index contributed by atoms with van der Waals surface area (Å²) in [6.07, 6.45) is -0.755. The first-order chi connectivity index (χ1) is 10.0. The van der Waals surface area contributed by atoms with Gasteiger partial charge in [0.25, 0.3) is 0 Å². The van der Waals surface area contributed by atoms with E-state index >= 15 is 0 Å². The fraction of sp³-hybridized carbons (Fsp3) is 0.385. The fourth-order valence-corrected chi connectivity index (χ4v) is 2.68. The molecule has 1 aromatic heterocycles. The van der Waals surface area contributed by atoms with Crippen LogP contribution < -0.4 is 0 Å². The van der Waals surface area contributed by atoms with Gasteiger partial charge in [-0.2, -0.15) is 0 Å². The molecule has 0 bridgehead atoms. The predicted molar refractivity (Wildman–Crippen MR) is 83.7 cm³/mol. The number of hydrogen-bond donors (Lipinski definition) is 2. The number of aliphatic hydroxyl groups excluding tert-OH is 2. The van der Waals surface area contributed by atoms with Gasteiger partial charge in [0.15, 0.2) is 0 Å². The first-order valence-corrected chi connectivity index (χ1v) is 8.01. The third-order valence-corrected chi connectivity index (χ3v) is 4.72. The summed E-state index contributed by atoms with van der Waals surface area (Å²) in [5.41, 5.74) is 0.691. The van der Waals surface area contributed by atoms with E-state index in [1.807, 2.05) is 6.92 Å². The zero-order chi connectivity index (χ0) is 15.4. The molecule has 2 aromatic rings. The lowest BCUT2D eigenvalue weighted by Crippen LogP contribution is -2.15. The van der Waals surface area contributed by atoms with Gasteiger partial charge >= 0.3 is 0 Å². The monoisotopic (exact) mass is 348 g/mol. The zero-order valence-corrected chi connectivity index (χ0v) is 13.5. The smallest absolute Gasteiger partial charge is 0.247 e. The van der Waals surface area contributed by atoms with Gasteiger partial charge in [0.05, 0.1) is 28.0 Å². The summed E-state index contributed by atoms with van der Waals surface area (Å²) in [5.74, 6) is 1.20. The standard InChI is InChI=1S/C13H14Cl2N2O3S/c1-7(21-6-9(19)5-18)12-16-17-13(20-12)8-2-3-10(14)11(15)4-8/h2-4,7,9,18-19H,5-6H2,1H3/t7-,9-/m0/s1. The Labute approximate surface area is 136 Å². The van der Waals surface area contributed by atoms with Crippen molar-refractivity contribution in [3.05, 3.63) is 34.1 Å². The molecular weight excluding hydrogens is 335 g/mol. The molecule has 0 aliphatic heterocycles. The molecular formula is C13H14Cl2N2O3S. The Balaban J connectivity index is 2.08. The minimum atomic E-state index is -0.755. The quantitative estimate of drug-likeness (QED) is 0.834. The molecule has 0 saturated heterocycles. The van der Waals surface area contributed by atoms with Crippen molar-refractivity contribution < 1.29 is 14.6 Å². The van der Waals surface area contributed by atoms with E-state index in [9.17, 15) is 5.11 Å². The topological polar surface area (TPSA) is 79.4 Å². The van der Waals surface area contributed by atoms with Crippen LogP contribution in [0, 0.1) is 0 Å². The van der Waals surface area contributed by atoms with Crippen LogP contribution in [0.4, 0.5) is 0 Å². The molecule has 1 heterocycles. The molecule has 0 spiro atoms. The van der Waals surface area contributed by atoms with E-state index in [4.69, 9.17) is 32.7 Å². The molecule has 8 heteroatoms. The molecule has 0 unspecified atom stereocenters. The Morgan fingerprint density at radius 3 is 2.71 bits per heavy atom. The van der Waals surface area contributed by atoms with Crippen LogP contribution in [-0.2, 0) is 0 Å². The van der Waals surface area contributed by atoms with E-state index in [1.54, 1.807) is 18.2 Å². The number of aromatic nitrogens is 2. The van der Waals surface area contributed by atoms with E-state index < -0.39 is 6.10 Å². The number of thioether (sulfide) groups is 1. The molecule has 1 aromatic carbocycles. The highest BCUT2D eigenvalue weighted by atomic mass is 35.5. The fourth-order valence-electron chi connectivity index (χ4n) is 1.52. The van der Waals surface area contributed by atoms with Crippen molar-refractivity contribution in [2.45, 2.75) is 18.3 Å². The van der Waals surface area contributed by atoms with Gasteiger partial charge in [-0.15, -0.1) is 22.0 Å². The first kappa shape index (κ1) is 16.6. The Bertz CT molecular complexity index is 609.